The van der Waals surface area contributed by atoms with Crippen molar-refractivity contribution in [2.75, 3.05) is 13.0 Å². The van der Waals surface area contributed by atoms with E-state index in [1.807, 2.05) is 13.0 Å². The lowest BCUT2D eigenvalue weighted by molar-refractivity contribution is 0.184. The highest BCUT2D eigenvalue weighted by molar-refractivity contribution is 7.99. The number of methoxy groups -OCH3 is 1. The van der Waals surface area contributed by atoms with Crippen LogP contribution < -0.4 is 5.84 Å². The van der Waals surface area contributed by atoms with Gasteiger partial charge in [-0.05, 0) is 24.8 Å². The molecule has 2 aromatic heterocycles. The molecule has 0 aromatic carbocycles. The molecular formula is C11H12N6OS. The number of nitrogen functional groups attached to an aromatic ring is 1. The summed E-state index contributed by atoms with van der Waals surface area (Å²) in [6, 6.07) is 3.98. The lowest BCUT2D eigenvalue weighted by Crippen LogP contribution is -2.08. The Balaban J connectivity index is 2.45. The third-order valence-corrected chi connectivity index (χ3v) is 3.30. The second kappa shape index (κ2) is 5.69. The summed E-state index contributed by atoms with van der Waals surface area (Å²) >= 11 is 1.20. The van der Waals surface area contributed by atoms with Crippen molar-refractivity contribution in [2.45, 2.75) is 23.7 Å². The quantitative estimate of drug-likeness (QED) is 0.826. The Morgan fingerprint density at radius 3 is 2.95 bits per heavy atom. The van der Waals surface area contributed by atoms with Crippen molar-refractivity contribution in [3.8, 4) is 6.07 Å². The third-order valence-electron chi connectivity index (χ3n) is 2.34. The maximum Gasteiger partial charge on any atom is 0.215 e. The van der Waals surface area contributed by atoms with E-state index < -0.39 is 0 Å². The Labute approximate surface area is 114 Å². The van der Waals surface area contributed by atoms with Crippen LogP contribution in [0, 0.1) is 18.3 Å². The van der Waals surface area contributed by atoms with Crippen LogP contribution in [0.25, 0.3) is 0 Å². The number of hydrogen-bond donors (Lipinski definition) is 1. The molecule has 8 heteroatoms. The SMILES string of the molecule is COCc1cc(C)nc(Sc2nncn2N)c1C#N. The van der Waals surface area contributed by atoms with Gasteiger partial charge in [-0.3, -0.25) is 0 Å². The zero-order chi connectivity index (χ0) is 13.8. The van der Waals surface area contributed by atoms with E-state index in [1.54, 1.807) is 7.11 Å². The normalized spacial score (nSPS) is 10.4. The van der Waals surface area contributed by atoms with Gasteiger partial charge in [-0.15, -0.1) is 10.2 Å². The first-order valence-electron chi connectivity index (χ1n) is 5.38. The lowest BCUT2D eigenvalue weighted by Gasteiger charge is -2.08. The van der Waals surface area contributed by atoms with Gasteiger partial charge in [-0.25, -0.2) is 9.66 Å². The molecule has 0 aliphatic heterocycles. The van der Waals surface area contributed by atoms with E-state index in [4.69, 9.17) is 10.6 Å². The number of nitrogens with two attached hydrogens (primary N) is 1. The van der Waals surface area contributed by atoms with Gasteiger partial charge in [0.05, 0.1) is 12.2 Å². The molecule has 0 aliphatic carbocycles. The molecule has 7 nitrogen and oxygen atoms in total. The summed E-state index contributed by atoms with van der Waals surface area (Å²) in [7, 11) is 1.58. The van der Waals surface area contributed by atoms with Crippen LogP contribution in [-0.2, 0) is 11.3 Å². The van der Waals surface area contributed by atoms with Crippen LogP contribution >= 0.6 is 11.8 Å². The molecule has 0 saturated carbocycles. The first-order chi connectivity index (χ1) is 9.15. The topological polar surface area (TPSA) is 103 Å². The molecule has 98 valence electrons. The lowest BCUT2D eigenvalue weighted by atomic mass is 10.1. The number of aryl methyl sites for hydroxylation is 1. The van der Waals surface area contributed by atoms with Crippen molar-refractivity contribution < 1.29 is 4.74 Å². The number of hydrogen-bond acceptors (Lipinski definition) is 7. The zero-order valence-corrected chi connectivity index (χ0v) is 11.3. The molecule has 2 heterocycles. The van der Waals surface area contributed by atoms with Crippen LogP contribution in [0.15, 0.2) is 22.6 Å². The van der Waals surface area contributed by atoms with E-state index >= 15 is 0 Å². The first kappa shape index (κ1) is 13.3. The number of rotatable bonds is 4. The van der Waals surface area contributed by atoms with Gasteiger partial charge in [0, 0.05) is 18.4 Å². The fraction of sp³-hybridized carbons (Fsp3) is 0.273. The molecule has 0 atom stereocenters. The van der Waals surface area contributed by atoms with Gasteiger partial charge in [-0.2, -0.15) is 5.26 Å². The monoisotopic (exact) mass is 276 g/mol. The molecule has 0 fully saturated rings. The number of nitriles is 1. The summed E-state index contributed by atoms with van der Waals surface area (Å²) in [6.07, 6.45) is 1.39. The Morgan fingerprint density at radius 2 is 2.37 bits per heavy atom. The Kier molecular flexibility index (Phi) is 3.99. The molecule has 19 heavy (non-hydrogen) atoms. The van der Waals surface area contributed by atoms with Gasteiger partial charge in [0.1, 0.15) is 17.4 Å². The van der Waals surface area contributed by atoms with Gasteiger partial charge in [-0.1, -0.05) is 0 Å². The first-order valence-corrected chi connectivity index (χ1v) is 6.20. The van der Waals surface area contributed by atoms with Gasteiger partial charge in [0.2, 0.25) is 5.16 Å². The number of aromatic nitrogens is 4. The second-order valence-electron chi connectivity index (χ2n) is 3.77. The number of pyridine rings is 1. The van der Waals surface area contributed by atoms with Gasteiger partial charge in [0.15, 0.2) is 0 Å². The largest absolute Gasteiger partial charge is 0.380 e. The summed E-state index contributed by atoms with van der Waals surface area (Å²) in [5.41, 5.74) is 2.07. The molecule has 2 N–H and O–H groups in total. The van der Waals surface area contributed by atoms with E-state index in [0.29, 0.717) is 22.4 Å². The predicted octanol–water partition coefficient (Wildman–Crippen LogP) is 0.865. The molecule has 0 saturated heterocycles. The average Bonchev–Trinajstić information content (AvgIpc) is 2.75. The minimum atomic E-state index is 0.356. The maximum absolute atomic E-state index is 9.28. The molecule has 0 amide bonds. The van der Waals surface area contributed by atoms with E-state index in [0.717, 1.165) is 11.3 Å². The molecule has 0 radical (unpaired) electrons. The van der Waals surface area contributed by atoms with Crippen molar-refractivity contribution in [3.05, 3.63) is 29.2 Å². The van der Waals surface area contributed by atoms with Crippen LogP contribution in [0.1, 0.15) is 16.8 Å². The van der Waals surface area contributed by atoms with Gasteiger partial charge in [0.25, 0.3) is 0 Å². The predicted molar refractivity (Wildman–Crippen MR) is 68.7 cm³/mol. The molecule has 2 rings (SSSR count). The van der Waals surface area contributed by atoms with Crippen molar-refractivity contribution in [2.24, 2.45) is 0 Å². The highest BCUT2D eigenvalue weighted by Crippen LogP contribution is 2.28. The average molecular weight is 276 g/mol. The maximum atomic E-state index is 9.28. The summed E-state index contributed by atoms with van der Waals surface area (Å²) < 4.78 is 6.38. The smallest absolute Gasteiger partial charge is 0.215 e. The highest BCUT2D eigenvalue weighted by Gasteiger charge is 2.15. The van der Waals surface area contributed by atoms with Crippen LogP contribution in [-0.4, -0.2) is 27.0 Å². The summed E-state index contributed by atoms with van der Waals surface area (Å²) in [5.74, 6) is 5.65. The van der Waals surface area contributed by atoms with Gasteiger partial charge >= 0.3 is 0 Å². The molecule has 0 aliphatic rings. The number of ether oxygens (including phenoxy) is 1. The second-order valence-corrected chi connectivity index (χ2v) is 4.73. The van der Waals surface area contributed by atoms with Crippen molar-refractivity contribution in [3.63, 3.8) is 0 Å². The van der Waals surface area contributed by atoms with Crippen LogP contribution in [0.5, 0.6) is 0 Å². The fourth-order valence-corrected chi connectivity index (χ4v) is 2.45. The molecule has 0 unspecified atom stereocenters. The zero-order valence-electron chi connectivity index (χ0n) is 10.5. The Bertz CT molecular complexity index is 633. The van der Waals surface area contributed by atoms with E-state index in [9.17, 15) is 5.26 Å². The minimum Gasteiger partial charge on any atom is -0.380 e. The molecule has 0 bridgehead atoms. The van der Waals surface area contributed by atoms with Crippen LogP contribution in [0.4, 0.5) is 0 Å². The minimum absolute atomic E-state index is 0.356. The van der Waals surface area contributed by atoms with E-state index in [2.05, 4.69) is 21.3 Å². The summed E-state index contributed by atoms with van der Waals surface area (Å²) in [4.78, 5) is 4.35. The summed E-state index contributed by atoms with van der Waals surface area (Å²) in [6.45, 7) is 2.21. The molecule has 2 aromatic rings. The molecule has 0 spiro atoms. The summed E-state index contributed by atoms with van der Waals surface area (Å²) in [5, 5.41) is 17.9. The van der Waals surface area contributed by atoms with Gasteiger partial charge < -0.3 is 10.6 Å². The van der Waals surface area contributed by atoms with Crippen molar-refractivity contribution >= 4 is 11.8 Å². The standard InChI is InChI=1S/C11H12N6OS/c1-7-3-8(5-18-2)9(4-12)10(15-7)19-11-16-14-6-17(11)13/h3,6H,5,13H2,1-2H3. The Hall–Kier alpha value is -2.11. The Morgan fingerprint density at radius 1 is 1.58 bits per heavy atom. The van der Waals surface area contributed by atoms with Crippen molar-refractivity contribution in [1.82, 2.24) is 19.9 Å². The highest BCUT2D eigenvalue weighted by atomic mass is 32.2. The van der Waals surface area contributed by atoms with E-state index in [-0.39, 0.29) is 0 Å². The van der Waals surface area contributed by atoms with Crippen LogP contribution in [0.2, 0.25) is 0 Å². The van der Waals surface area contributed by atoms with Crippen molar-refractivity contribution in [1.29, 1.82) is 5.26 Å². The third kappa shape index (κ3) is 2.83. The van der Waals surface area contributed by atoms with E-state index in [1.165, 1.54) is 22.8 Å². The fourth-order valence-electron chi connectivity index (χ4n) is 1.56. The molecular weight excluding hydrogens is 264 g/mol. The van der Waals surface area contributed by atoms with Crippen LogP contribution in [0.3, 0.4) is 0 Å². The number of nitrogens with zero attached hydrogens (tertiary/aromatic N) is 5.